The maximum absolute atomic E-state index is 13.6. The first-order valence-corrected chi connectivity index (χ1v) is 9.71. The number of benzene rings is 3. The van der Waals surface area contributed by atoms with Crippen molar-refractivity contribution < 1.29 is 14.0 Å². The molecular weight excluding hydrogens is 437 g/mol. The Morgan fingerprint density at radius 3 is 2.21 bits per heavy atom. The molecule has 0 aromatic heterocycles. The summed E-state index contributed by atoms with van der Waals surface area (Å²) in [5, 5.41) is 8.48. The van der Waals surface area contributed by atoms with Gasteiger partial charge in [0.25, 0.3) is 5.91 Å². The van der Waals surface area contributed by atoms with E-state index in [0.29, 0.717) is 22.5 Å². The van der Waals surface area contributed by atoms with Gasteiger partial charge >= 0.3 is 0 Å². The van der Waals surface area contributed by atoms with Crippen LogP contribution in [0.3, 0.4) is 0 Å². The minimum Gasteiger partial charge on any atom is -0.376 e. The molecule has 0 atom stereocenters. The number of anilines is 2. The van der Waals surface area contributed by atoms with E-state index in [1.165, 1.54) is 6.07 Å². The lowest BCUT2D eigenvalue weighted by atomic mass is 10.1. The molecule has 3 N–H and O–H groups in total. The first kappa shape index (κ1) is 20.5. The van der Waals surface area contributed by atoms with Gasteiger partial charge in [-0.25, -0.2) is 4.39 Å². The molecule has 0 bridgehead atoms. The molecule has 0 aliphatic heterocycles. The molecule has 0 spiro atoms. The Morgan fingerprint density at radius 2 is 1.52 bits per heavy atom. The van der Waals surface area contributed by atoms with Crippen molar-refractivity contribution in [3.05, 3.63) is 94.2 Å². The standard InChI is InChI=1S/C22H19BrFN3O2/c23-17-7-11-19(12-8-17)27-21(28)14-25-18-9-5-15(6-10-18)22(29)26-13-16-3-1-2-4-20(16)24/h1-12,25H,13-14H2,(H,26,29)(H,27,28). The van der Waals surface area contributed by atoms with Gasteiger partial charge in [-0.1, -0.05) is 34.1 Å². The molecule has 0 saturated carbocycles. The maximum Gasteiger partial charge on any atom is 0.251 e. The van der Waals surface area contributed by atoms with E-state index in [0.717, 1.165) is 4.47 Å². The molecule has 0 aliphatic rings. The summed E-state index contributed by atoms with van der Waals surface area (Å²) in [5.41, 5.74) is 2.30. The average molecular weight is 456 g/mol. The van der Waals surface area contributed by atoms with Crippen LogP contribution in [0.25, 0.3) is 0 Å². The van der Waals surface area contributed by atoms with Gasteiger partial charge in [-0.05, 0) is 54.6 Å². The van der Waals surface area contributed by atoms with E-state index in [1.54, 1.807) is 54.6 Å². The second-order valence-electron chi connectivity index (χ2n) is 6.26. The summed E-state index contributed by atoms with van der Waals surface area (Å²) in [4.78, 5) is 24.2. The molecule has 5 nitrogen and oxygen atoms in total. The van der Waals surface area contributed by atoms with Crippen LogP contribution in [0.15, 0.2) is 77.3 Å². The van der Waals surface area contributed by atoms with Crippen molar-refractivity contribution in [2.75, 3.05) is 17.2 Å². The fraction of sp³-hybridized carbons (Fsp3) is 0.0909. The number of halogens is 2. The third-order valence-electron chi connectivity index (χ3n) is 4.13. The molecule has 0 radical (unpaired) electrons. The minimum atomic E-state index is -0.353. The first-order valence-electron chi connectivity index (χ1n) is 8.92. The second-order valence-corrected chi connectivity index (χ2v) is 7.18. The van der Waals surface area contributed by atoms with Crippen LogP contribution >= 0.6 is 15.9 Å². The largest absolute Gasteiger partial charge is 0.376 e. The quantitative estimate of drug-likeness (QED) is 0.488. The molecule has 0 aliphatic carbocycles. The highest BCUT2D eigenvalue weighted by Crippen LogP contribution is 2.14. The third-order valence-corrected chi connectivity index (χ3v) is 4.65. The van der Waals surface area contributed by atoms with E-state index in [-0.39, 0.29) is 30.7 Å². The van der Waals surface area contributed by atoms with Gasteiger partial charge in [-0.2, -0.15) is 0 Å². The molecule has 0 fully saturated rings. The Labute approximate surface area is 176 Å². The summed E-state index contributed by atoms with van der Waals surface area (Å²) in [6, 6.07) is 20.3. The number of hydrogen-bond donors (Lipinski definition) is 3. The van der Waals surface area contributed by atoms with E-state index in [2.05, 4.69) is 31.9 Å². The predicted octanol–water partition coefficient (Wildman–Crippen LogP) is 4.57. The Bertz CT molecular complexity index is 992. The zero-order valence-electron chi connectivity index (χ0n) is 15.4. The first-order chi connectivity index (χ1) is 14.0. The fourth-order valence-electron chi connectivity index (χ4n) is 2.58. The monoisotopic (exact) mass is 455 g/mol. The van der Waals surface area contributed by atoms with E-state index in [9.17, 15) is 14.0 Å². The van der Waals surface area contributed by atoms with Gasteiger partial charge in [0.2, 0.25) is 5.91 Å². The molecule has 29 heavy (non-hydrogen) atoms. The zero-order valence-corrected chi connectivity index (χ0v) is 17.0. The summed E-state index contributed by atoms with van der Waals surface area (Å²) in [6.45, 7) is 0.205. The molecular formula is C22H19BrFN3O2. The van der Waals surface area contributed by atoms with Crippen molar-refractivity contribution in [2.24, 2.45) is 0 Å². The van der Waals surface area contributed by atoms with E-state index in [1.807, 2.05) is 12.1 Å². The number of nitrogens with one attached hydrogen (secondary N) is 3. The fourth-order valence-corrected chi connectivity index (χ4v) is 2.84. The minimum absolute atomic E-state index is 0.0922. The third kappa shape index (κ3) is 6.15. The van der Waals surface area contributed by atoms with Gasteiger partial charge in [-0.15, -0.1) is 0 Å². The number of rotatable bonds is 7. The number of carbonyl (C=O) groups is 2. The maximum atomic E-state index is 13.6. The Morgan fingerprint density at radius 1 is 0.862 bits per heavy atom. The molecule has 3 rings (SSSR count). The van der Waals surface area contributed by atoms with Gasteiger partial charge in [0.1, 0.15) is 5.82 Å². The lowest BCUT2D eigenvalue weighted by Crippen LogP contribution is -2.23. The Kier molecular flexibility index (Phi) is 6.97. The second kappa shape index (κ2) is 9.84. The molecule has 2 amide bonds. The van der Waals surface area contributed by atoms with Gasteiger partial charge in [0, 0.05) is 33.5 Å². The lowest BCUT2D eigenvalue weighted by molar-refractivity contribution is -0.114. The predicted molar refractivity (Wildman–Crippen MR) is 115 cm³/mol. The average Bonchev–Trinajstić information content (AvgIpc) is 2.73. The van der Waals surface area contributed by atoms with Gasteiger partial charge in [-0.3, -0.25) is 9.59 Å². The van der Waals surface area contributed by atoms with Crippen LogP contribution < -0.4 is 16.0 Å². The molecule has 7 heteroatoms. The lowest BCUT2D eigenvalue weighted by Gasteiger charge is -2.09. The van der Waals surface area contributed by atoms with E-state index in [4.69, 9.17) is 0 Å². The highest BCUT2D eigenvalue weighted by atomic mass is 79.9. The summed E-state index contributed by atoms with van der Waals surface area (Å²) in [6.07, 6.45) is 0. The molecule has 0 unspecified atom stereocenters. The van der Waals surface area contributed by atoms with Gasteiger partial charge in [0.15, 0.2) is 0 Å². The van der Waals surface area contributed by atoms with Crippen LogP contribution in [0.4, 0.5) is 15.8 Å². The van der Waals surface area contributed by atoms with Crippen molar-refractivity contribution in [1.29, 1.82) is 0 Å². The molecule has 0 saturated heterocycles. The topological polar surface area (TPSA) is 70.2 Å². The van der Waals surface area contributed by atoms with Crippen LogP contribution in [0.1, 0.15) is 15.9 Å². The number of amides is 2. The highest BCUT2D eigenvalue weighted by Gasteiger charge is 2.08. The van der Waals surface area contributed by atoms with Crippen LogP contribution in [-0.2, 0) is 11.3 Å². The van der Waals surface area contributed by atoms with E-state index < -0.39 is 0 Å². The van der Waals surface area contributed by atoms with Crippen molar-refractivity contribution in [2.45, 2.75) is 6.54 Å². The molecule has 3 aromatic rings. The number of hydrogen-bond acceptors (Lipinski definition) is 3. The summed E-state index contributed by atoms with van der Waals surface area (Å²) in [5.74, 6) is -0.833. The summed E-state index contributed by atoms with van der Waals surface area (Å²) < 4.78 is 14.5. The van der Waals surface area contributed by atoms with Crippen molar-refractivity contribution in [3.63, 3.8) is 0 Å². The van der Waals surface area contributed by atoms with Crippen molar-refractivity contribution in [1.82, 2.24) is 5.32 Å². The van der Waals surface area contributed by atoms with Crippen molar-refractivity contribution in [3.8, 4) is 0 Å². The van der Waals surface area contributed by atoms with Crippen LogP contribution in [0.2, 0.25) is 0 Å². The van der Waals surface area contributed by atoms with Crippen LogP contribution in [0, 0.1) is 5.82 Å². The summed E-state index contributed by atoms with van der Waals surface area (Å²) in [7, 11) is 0. The molecule has 3 aromatic carbocycles. The van der Waals surface area contributed by atoms with Crippen molar-refractivity contribution >= 4 is 39.1 Å². The number of carbonyl (C=O) groups excluding carboxylic acids is 2. The van der Waals surface area contributed by atoms with Gasteiger partial charge < -0.3 is 16.0 Å². The zero-order chi connectivity index (χ0) is 20.6. The summed E-state index contributed by atoms with van der Waals surface area (Å²) >= 11 is 3.34. The van der Waals surface area contributed by atoms with Crippen LogP contribution in [0.5, 0.6) is 0 Å². The van der Waals surface area contributed by atoms with E-state index >= 15 is 0 Å². The molecule has 148 valence electrons. The smallest absolute Gasteiger partial charge is 0.251 e. The SMILES string of the molecule is O=C(CNc1ccc(C(=O)NCc2ccccc2F)cc1)Nc1ccc(Br)cc1. The Hall–Kier alpha value is -3.19. The normalized spacial score (nSPS) is 10.3. The van der Waals surface area contributed by atoms with Gasteiger partial charge in [0.05, 0.1) is 6.54 Å². The molecule has 0 heterocycles. The Balaban J connectivity index is 1.48. The van der Waals surface area contributed by atoms with Crippen LogP contribution in [-0.4, -0.2) is 18.4 Å². The highest BCUT2D eigenvalue weighted by molar-refractivity contribution is 9.10.